The van der Waals surface area contributed by atoms with E-state index in [4.69, 9.17) is 17.3 Å². The van der Waals surface area contributed by atoms with Gasteiger partial charge in [0.15, 0.2) is 0 Å². The van der Waals surface area contributed by atoms with Crippen molar-refractivity contribution in [3.8, 4) is 0 Å². The highest BCUT2D eigenvalue weighted by Gasteiger charge is 2.26. The van der Waals surface area contributed by atoms with E-state index >= 15 is 0 Å². The first-order valence-corrected chi connectivity index (χ1v) is 7.70. The van der Waals surface area contributed by atoms with Crippen LogP contribution >= 0.6 is 11.6 Å². The fourth-order valence-electron chi connectivity index (χ4n) is 1.72. The molecular weight excluding hydrogens is 281 g/mol. The van der Waals surface area contributed by atoms with Gasteiger partial charge in [-0.1, -0.05) is 23.7 Å². The minimum atomic E-state index is -3.37. The van der Waals surface area contributed by atoms with Crippen LogP contribution in [0.4, 0.5) is 4.39 Å². The summed E-state index contributed by atoms with van der Waals surface area (Å²) in [6.45, 7) is -0.0754. The van der Waals surface area contributed by atoms with E-state index in [9.17, 15) is 17.9 Å². The molecule has 0 aromatic heterocycles. The molecule has 18 heavy (non-hydrogen) atoms. The van der Waals surface area contributed by atoms with Crippen LogP contribution in [0.25, 0.3) is 0 Å². The van der Waals surface area contributed by atoms with E-state index in [1.807, 2.05) is 0 Å². The van der Waals surface area contributed by atoms with Crippen molar-refractivity contribution in [3.05, 3.63) is 34.6 Å². The van der Waals surface area contributed by atoms with Crippen LogP contribution in [0.5, 0.6) is 0 Å². The highest BCUT2D eigenvalue weighted by Crippen LogP contribution is 2.27. The molecular formula is C11H15ClFNO3S. The van der Waals surface area contributed by atoms with Crippen molar-refractivity contribution in [1.29, 1.82) is 0 Å². The molecule has 1 aromatic carbocycles. The Balaban J connectivity index is 3.06. The minimum Gasteiger partial charge on any atom is -0.391 e. The van der Waals surface area contributed by atoms with E-state index in [-0.39, 0.29) is 17.1 Å². The molecule has 1 rings (SSSR count). The quantitative estimate of drug-likeness (QED) is 0.847. The molecule has 0 amide bonds. The second-order valence-corrected chi connectivity index (χ2v) is 6.74. The largest absolute Gasteiger partial charge is 0.391 e. The summed E-state index contributed by atoms with van der Waals surface area (Å²) in [4.78, 5) is 0. The first-order valence-electron chi connectivity index (χ1n) is 5.26. The zero-order valence-electron chi connectivity index (χ0n) is 9.81. The van der Waals surface area contributed by atoms with Crippen LogP contribution in [0.15, 0.2) is 18.2 Å². The SMILES string of the molecule is CS(=O)(=O)CC(O)C(CN)c1cccc(Cl)c1F. The second kappa shape index (κ2) is 5.97. The summed E-state index contributed by atoms with van der Waals surface area (Å²) >= 11 is 5.64. The van der Waals surface area contributed by atoms with Gasteiger partial charge in [-0.25, -0.2) is 12.8 Å². The molecule has 0 radical (unpaired) electrons. The third kappa shape index (κ3) is 3.91. The molecule has 1 aromatic rings. The van der Waals surface area contributed by atoms with Gasteiger partial charge < -0.3 is 10.8 Å². The molecule has 0 saturated heterocycles. The lowest BCUT2D eigenvalue weighted by atomic mass is 9.94. The van der Waals surface area contributed by atoms with E-state index in [2.05, 4.69) is 0 Å². The monoisotopic (exact) mass is 295 g/mol. The number of benzene rings is 1. The van der Waals surface area contributed by atoms with Crippen molar-refractivity contribution in [2.24, 2.45) is 5.73 Å². The molecule has 0 spiro atoms. The Morgan fingerprint density at radius 1 is 1.50 bits per heavy atom. The number of aliphatic hydroxyl groups excluding tert-OH is 1. The molecule has 102 valence electrons. The lowest BCUT2D eigenvalue weighted by Gasteiger charge is -2.22. The van der Waals surface area contributed by atoms with Crippen LogP contribution in [0.2, 0.25) is 5.02 Å². The van der Waals surface area contributed by atoms with Gasteiger partial charge in [0, 0.05) is 18.7 Å². The highest BCUT2D eigenvalue weighted by molar-refractivity contribution is 7.90. The fraction of sp³-hybridized carbons (Fsp3) is 0.455. The molecule has 3 N–H and O–H groups in total. The third-order valence-electron chi connectivity index (χ3n) is 2.57. The van der Waals surface area contributed by atoms with Gasteiger partial charge in [0.25, 0.3) is 0 Å². The Kier molecular flexibility index (Phi) is 5.10. The Hall–Kier alpha value is -0.690. The van der Waals surface area contributed by atoms with Crippen molar-refractivity contribution in [1.82, 2.24) is 0 Å². The normalized spacial score (nSPS) is 15.4. The van der Waals surface area contributed by atoms with Gasteiger partial charge in [-0.2, -0.15) is 0 Å². The van der Waals surface area contributed by atoms with Gasteiger partial charge in [-0.05, 0) is 11.6 Å². The lowest BCUT2D eigenvalue weighted by Crippen LogP contribution is -2.32. The number of hydrogen-bond acceptors (Lipinski definition) is 4. The van der Waals surface area contributed by atoms with Crippen LogP contribution in [-0.4, -0.2) is 38.2 Å². The number of hydrogen-bond donors (Lipinski definition) is 2. The number of aliphatic hydroxyl groups is 1. The fourth-order valence-corrected chi connectivity index (χ4v) is 2.76. The van der Waals surface area contributed by atoms with Gasteiger partial charge in [0.1, 0.15) is 15.7 Å². The zero-order valence-corrected chi connectivity index (χ0v) is 11.4. The van der Waals surface area contributed by atoms with Crippen LogP contribution in [0.3, 0.4) is 0 Å². The van der Waals surface area contributed by atoms with Crippen molar-refractivity contribution in [2.45, 2.75) is 12.0 Å². The maximum absolute atomic E-state index is 13.8. The second-order valence-electron chi connectivity index (χ2n) is 4.15. The Morgan fingerprint density at radius 3 is 2.61 bits per heavy atom. The van der Waals surface area contributed by atoms with E-state index in [0.717, 1.165) is 6.26 Å². The van der Waals surface area contributed by atoms with Crippen molar-refractivity contribution in [3.63, 3.8) is 0 Å². The van der Waals surface area contributed by atoms with E-state index < -0.39 is 33.4 Å². The van der Waals surface area contributed by atoms with Gasteiger partial charge in [0.2, 0.25) is 0 Å². The van der Waals surface area contributed by atoms with E-state index in [1.54, 1.807) is 0 Å². The molecule has 2 unspecified atom stereocenters. The van der Waals surface area contributed by atoms with Crippen LogP contribution in [0, 0.1) is 5.82 Å². The maximum atomic E-state index is 13.8. The van der Waals surface area contributed by atoms with Crippen molar-refractivity contribution >= 4 is 21.4 Å². The number of nitrogens with two attached hydrogens (primary N) is 1. The van der Waals surface area contributed by atoms with Crippen LogP contribution in [0.1, 0.15) is 11.5 Å². The molecule has 0 aliphatic carbocycles. The van der Waals surface area contributed by atoms with Crippen molar-refractivity contribution < 1.29 is 17.9 Å². The highest BCUT2D eigenvalue weighted by atomic mass is 35.5. The molecule has 7 heteroatoms. The standard InChI is InChI=1S/C11H15ClFNO3S/c1-18(16,17)6-10(15)8(5-14)7-3-2-4-9(12)11(7)13/h2-4,8,10,15H,5-6,14H2,1H3. The summed E-state index contributed by atoms with van der Waals surface area (Å²) in [5, 5.41) is 9.76. The molecule has 0 aliphatic rings. The van der Waals surface area contributed by atoms with Crippen LogP contribution in [-0.2, 0) is 9.84 Å². The maximum Gasteiger partial charge on any atom is 0.150 e. The average molecular weight is 296 g/mol. The first kappa shape index (κ1) is 15.4. The summed E-state index contributed by atoms with van der Waals surface area (Å²) in [6, 6.07) is 4.33. The molecule has 0 aliphatic heterocycles. The molecule has 0 heterocycles. The minimum absolute atomic E-state index is 0.0754. The molecule has 2 atom stereocenters. The van der Waals surface area contributed by atoms with Gasteiger partial charge in [-0.15, -0.1) is 0 Å². The first-order chi connectivity index (χ1) is 8.26. The average Bonchev–Trinajstić information content (AvgIpc) is 2.22. The number of rotatable bonds is 5. The summed E-state index contributed by atoms with van der Waals surface area (Å²) in [7, 11) is -3.37. The number of sulfone groups is 1. The summed E-state index contributed by atoms with van der Waals surface area (Å²) in [6.07, 6.45) is -0.268. The Labute approximate surface area is 110 Å². The predicted molar refractivity (Wildman–Crippen MR) is 68.9 cm³/mol. The summed E-state index contributed by atoms with van der Waals surface area (Å²) in [5.74, 6) is -1.96. The molecule has 0 saturated carbocycles. The Bertz CT molecular complexity index is 521. The van der Waals surface area contributed by atoms with Gasteiger partial charge in [-0.3, -0.25) is 0 Å². The van der Waals surface area contributed by atoms with E-state index in [1.165, 1.54) is 18.2 Å². The molecule has 0 fully saturated rings. The van der Waals surface area contributed by atoms with Crippen LogP contribution < -0.4 is 5.73 Å². The molecule has 4 nitrogen and oxygen atoms in total. The predicted octanol–water partition coefficient (Wildman–Crippen LogP) is 0.927. The van der Waals surface area contributed by atoms with E-state index in [0.29, 0.717) is 0 Å². The zero-order chi connectivity index (χ0) is 13.9. The van der Waals surface area contributed by atoms with Crippen molar-refractivity contribution in [2.75, 3.05) is 18.6 Å². The molecule has 0 bridgehead atoms. The third-order valence-corrected chi connectivity index (χ3v) is 3.81. The summed E-state index contributed by atoms with van der Waals surface area (Å²) < 4.78 is 36.0. The van der Waals surface area contributed by atoms with Gasteiger partial charge >= 0.3 is 0 Å². The number of halogens is 2. The lowest BCUT2D eigenvalue weighted by molar-refractivity contribution is 0.165. The van der Waals surface area contributed by atoms with Gasteiger partial charge in [0.05, 0.1) is 16.9 Å². The summed E-state index contributed by atoms with van der Waals surface area (Å²) in [5.41, 5.74) is 5.61. The topological polar surface area (TPSA) is 80.4 Å². The smallest absolute Gasteiger partial charge is 0.150 e. The Morgan fingerprint density at radius 2 is 2.11 bits per heavy atom.